The Morgan fingerprint density at radius 3 is 2.69 bits per heavy atom. The molecule has 1 aromatic heterocycles. The molecule has 7 heteroatoms. The zero-order chi connectivity index (χ0) is 22.1. The van der Waals surface area contributed by atoms with Crippen LogP contribution in [0.4, 0.5) is 10.2 Å². The lowest BCUT2D eigenvalue weighted by atomic mass is 9.85. The van der Waals surface area contributed by atoms with E-state index in [1.165, 1.54) is 12.8 Å². The highest BCUT2D eigenvalue weighted by Crippen LogP contribution is 2.70. The number of aromatic nitrogens is 1. The van der Waals surface area contributed by atoms with Crippen molar-refractivity contribution in [2.45, 2.75) is 56.7 Å². The standard InChI is InChI=1S/C25H29ClFN3O2/c1-24(14-32-13-21(24)27)30-6-2-15(3-7-30)18-8-16-10-22(28-12-17(16)9-20(18)26)29-23(31)19-11-25(19)4-5-25/h8-10,12,15,19,21H,2-7,11,13-14H2,1H3,(H,28,29,31)/t19-,21-,24+/m1/s1. The smallest absolute Gasteiger partial charge is 0.229 e. The van der Waals surface area contributed by atoms with E-state index in [1.54, 1.807) is 6.20 Å². The Kier molecular flexibility index (Phi) is 4.80. The molecule has 6 rings (SSSR count). The van der Waals surface area contributed by atoms with E-state index in [0.29, 0.717) is 23.8 Å². The van der Waals surface area contributed by atoms with E-state index in [-0.39, 0.29) is 18.4 Å². The number of halogens is 2. The van der Waals surface area contributed by atoms with Crippen molar-refractivity contribution in [2.75, 3.05) is 31.6 Å². The van der Waals surface area contributed by atoms with Gasteiger partial charge in [-0.25, -0.2) is 9.37 Å². The molecule has 170 valence electrons. The van der Waals surface area contributed by atoms with Gasteiger partial charge in [-0.15, -0.1) is 0 Å². The van der Waals surface area contributed by atoms with Gasteiger partial charge in [0.1, 0.15) is 12.0 Å². The van der Waals surface area contributed by atoms with E-state index >= 15 is 0 Å². The normalized spacial score (nSPS) is 31.8. The Morgan fingerprint density at radius 2 is 2.03 bits per heavy atom. The molecule has 2 aliphatic heterocycles. The number of nitrogens with zero attached hydrogens (tertiary/aromatic N) is 2. The van der Waals surface area contributed by atoms with Crippen molar-refractivity contribution in [2.24, 2.45) is 11.3 Å². The Labute approximate surface area is 192 Å². The van der Waals surface area contributed by atoms with Crippen LogP contribution in [0.25, 0.3) is 10.8 Å². The predicted molar refractivity (Wildman–Crippen MR) is 123 cm³/mol. The van der Waals surface area contributed by atoms with Crippen LogP contribution in [0.2, 0.25) is 5.02 Å². The molecule has 1 aromatic carbocycles. The average Bonchev–Trinajstić information content (AvgIpc) is 3.70. The molecule has 2 aromatic rings. The first-order valence-electron chi connectivity index (χ1n) is 11.7. The van der Waals surface area contributed by atoms with Crippen molar-refractivity contribution in [3.05, 3.63) is 35.0 Å². The van der Waals surface area contributed by atoms with Crippen molar-refractivity contribution in [1.29, 1.82) is 0 Å². The van der Waals surface area contributed by atoms with Gasteiger partial charge in [0, 0.05) is 22.5 Å². The van der Waals surface area contributed by atoms with E-state index in [1.807, 2.05) is 19.1 Å². The summed E-state index contributed by atoms with van der Waals surface area (Å²) in [6.07, 6.45) is 6.13. The van der Waals surface area contributed by atoms with Gasteiger partial charge in [-0.3, -0.25) is 9.69 Å². The lowest BCUT2D eigenvalue weighted by Crippen LogP contribution is -2.55. The maximum absolute atomic E-state index is 14.4. The van der Waals surface area contributed by atoms with Gasteiger partial charge < -0.3 is 10.1 Å². The van der Waals surface area contributed by atoms with Gasteiger partial charge in [0.2, 0.25) is 5.91 Å². The fraction of sp³-hybridized carbons (Fsp3) is 0.600. The van der Waals surface area contributed by atoms with E-state index in [0.717, 1.165) is 53.7 Å². The van der Waals surface area contributed by atoms with Crippen molar-refractivity contribution in [3.63, 3.8) is 0 Å². The van der Waals surface area contributed by atoms with Gasteiger partial charge in [0.05, 0.1) is 18.8 Å². The number of alkyl halides is 1. The number of hydrogen-bond acceptors (Lipinski definition) is 4. The summed E-state index contributed by atoms with van der Waals surface area (Å²) >= 11 is 6.67. The minimum atomic E-state index is -0.935. The maximum Gasteiger partial charge on any atom is 0.229 e. The number of hydrogen-bond donors (Lipinski definition) is 1. The molecule has 1 spiro atoms. The van der Waals surface area contributed by atoms with Crippen LogP contribution in [0.1, 0.15) is 50.5 Å². The fourth-order valence-electron chi connectivity index (χ4n) is 5.84. The number of rotatable bonds is 4. The number of benzene rings is 1. The van der Waals surface area contributed by atoms with Gasteiger partial charge in [-0.05, 0) is 92.6 Å². The Balaban J connectivity index is 1.18. The van der Waals surface area contributed by atoms with Crippen molar-refractivity contribution in [3.8, 4) is 0 Å². The molecular weight excluding hydrogens is 429 g/mol. The lowest BCUT2D eigenvalue weighted by molar-refractivity contribution is -0.117. The van der Waals surface area contributed by atoms with Gasteiger partial charge in [0.15, 0.2) is 0 Å². The number of carbonyl (C=O) groups excluding carboxylic acids is 1. The third-order valence-electron chi connectivity index (χ3n) is 8.48. The third kappa shape index (κ3) is 3.42. The molecule has 3 atom stereocenters. The second-order valence-electron chi connectivity index (χ2n) is 10.5. The maximum atomic E-state index is 14.4. The van der Waals surface area contributed by atoms with Gasteiger partial charge in [-0.1, -0.05) is 11.6 Å². The SMILES string of the molecule is C[C@]1(N2CCC(c3cc4cc(NC(=O)[C@H]5CC56CC6)ncc4cc3Cl)CC2)COC[C@H]1F. The summed E-state index contributed by atoms with van der Waals surface area (Å²) in [7, 11) is 0. The largest absolute Gasteiger partial charge is 0.376 e. The molecule has 1 N–H and O–H groups in total. The van der Waals surface area contributed by atoms with Crippen LogP contribution < -0.4 is 5.32 Å². The monoisotopic (exact) mass is 457 g/mol. The molecule has 0 bridgehead atoms. The number of likely N-dealkylation sites (tertiary alicyclic amines) is 1. The van der Waals surface area contributed by atoms with E-state index < -0.39 is 11.7 Å². The molecule has 5 nitrogen and oxygen atoms in total. The summed E-state index contributed by atoms with van der Waals surface area (Å²) < 4.78 is 19.8. The van der Waals surface area contributed by atoms with Crippen LogP contribution in [-0.2, 0) is 9.53 Å². The third-order valence-corrected chi connectivity index (χ3v) is 8.80. The second-order valence-corrected chi connectivity index (χ2v) is 10.9. The number of nitrogens with one attached hydrogen (secondary N) is 1. The molecule has 2 aliphatic carbocycles. The Hall–Kier alpha value is -1.76. The van der Waals surface area contributed by atoms with Crippen molar-refractivity contribution in [1.82, 2.24) is 9.88 Å². The van der Waals surface area contributed by atoms with Crippen LogP contribution >= 0.6 is 11.6 Å². The number of piperidine rings is 1. The summed E-state index contributed by atoms with van der Waals surface area (Å²) in [5, 5.41) is 5.77. The quantitative estimate of drug-likeness (QED) is 0.707. The van der Waals surface area contributed by atoms with Gasteiger partial charge >= 0.3 is 0 Å². The van der Waals surface area contributed by atoms with Crippen molar-refractivity contribution < 1.29 is 13.9 Å². The minimum absolute atomic E-state index is 0.103. The molecule has 32 heavy (non-hydrogen) atoms. The van der Waals surface area contributed by atoms with Crippen molar-refractivity contribution >= 4 is 34.1 Å². The highest BCUT2D eigenvalue weighted by Gasteiger charge is 2.65. The highest BCUT2D eigenvalue weighted by molar-refractivity contribution is 6.32. The molecule has 1 amide bonds. The highest BCUT2D eigenvalue weighted by atomic mass is 35.5. The summed E-state index contributed by atoms with van der Waals surface area (Å²) in [4.78, 5) is 19.2. The molecule has 0 radical (unpaired) electrons. The summed E-state index contributed by atoms with van der Waals surface area (Å²) in [6.45, 7) is 4.30. The topological polar surface area (TPSA) is 54.5 Å². The number of anilines is 1. The first kappa shape index (κ1) is 20.8. The average molecular weight is 458 g/mol. The summed E-state index contributed by atoms with van der Waals surface area (Å²) in [6, 6.07) is 6.07. The van der Waals surface area contributed by atoms with Gasteiger partial charge in [-0.2, -0.15) is 0 Å². The van der Waals surface area contributed by atoms with Crippen LogP contribution in [-0.4, -0.2) is 53.8 Å². The Bertz CT molecular complexity index is 1080. The zero-order valence-electron chi connectivity index (χ0n) is 18.4. The van der Waals surface area contributed by atoms with Gasteiger partial charge in [0.25, 0.3) is 0 Å². The zero-order valence-corrected chi connectivity index (χ0v) is 19.1. The van der Waals surface area contributed by atoms with Crippen LogP contribution in [0.3, 0.4) is 0 Å². The van der Waals surface area contributed by atoms with E-state index in [2.05, 4.69) is 21.3 Å². The number of carbonyl (C=O) groups is 1. The Morgan fingerprint density at radius 1 is 1.25 bits per heavy atom. The van der Waals surface area contributed by atoms with E-state index in [4.69, 9.17) is 16.3 Å². The molecular formula is C25H29ClFN3O2. The first-order valence-corrected chi connectivity index (χ1v) is 12.1. The summed E-state index contributed by atoms with van der Waals surface area (Å²) in [5.41, 5.74) is 0.948. The second kappa shape index (κ2) is 7.37. The molecule has 4 fully saturated rings. The molecule has 3 heterocycles. The number of fused-ring (bicyclic) bond motifs is 1. The molecule has 0 unspecified atom stereocenters. The van der Waals surface area contributed by atoms with E-state index in [9.17, 15) is 9.18 Å². The number of pyridine rings is 1. The lowest BCUT2D eigenvalue weighted by Gasteiger charge is -2.43. The number of ether oxygens (including phenoxy) is 1. The predicted octanol–water partition coefficient (Wildman–Crippen LogP) is 4.93. The summed E-state index contributed by atoms with van der Waals surface area (Å²) in [5.74, 6) is 1.21. The first-order chi connectivity index (χ1) is 15.4. The molecule has 2 saturated carbocycles. The molecule has 4 aliphatic rings. The fourth-order valence-corrected chi connectivity index (χ4v) is 6.17. The van der Waals surface area contributed by atoms with Crippen LogP contribution in [0.15, 0.2) is 24.4 Å². The number of amides is 1. The van der Waals surface area contributed by atoms with Crippen LogP contribution in [0, 0.1) is 11.3 Å². The van der Waals surface area contributed by atoms with Crippen LogP contribution in [0.5, 0.6) is 0 Å². The molecule has 2 saturated heterocycles. The minimum Gasteiger partial charge on any atom is -0.376 e.